The molecule has 2 aliphatic heterocycles. The summed E-state index contributed by atoms with van der Waals surface area (Å²) >= 11 is 6.23. The molecule has 0 spiro atoms. The Morgan fingerprint density at radius 2 is 1.91 bits per heavy atom. The number of halogens is 1. The Labute approximate surface area is 232 Å². The molecular weight excluding hydrogens is 459 g/mol. The first kappa shape index (κ1) is 23.5. The van der Waals surface area contributed by atoms with Crippen LogP contribution in [-0.4, -0.2) is 92.3 Å². The summed E-state index contributed by atoms with van der Waals surface area (Å²) in [5.41, 5.74) is 1.81. The fourth-order valence-corrected chi connectivity index (χ4v) is 4.10. The zero-order chi connectivity index (χ0) is 21.4. The maximum Gasteiger partial charge on any atom is 0.306 e. The summed E-state index contributed by atoms with van der Waals surface area (Å²) in [6.45, 7) is 1.99. The average molecular weight is 480 g/mol. The summed E-state index contributed by atoms with van der Waals surface area (Å²) in [4.78, 5) is 22.8. The Hall–Kier alpha value is -1.62. The first-order valence-electron chi connectivity index (χ1n) is 10.1. The largest absolute Gasteiger partial charge is 0.481 e. The zero-order valence-electron chi connectivity index (χ0n) is 17.7. The Bertz CT molecular complexity index is 1150. The molecule has 1 fully saturated rings. The van der Waals surface area contributed by atoms with Crippen LogP contribution in [0.15, 0.2) is 36.4 Å². The van der Waals surface area contributed by atoms with E-state index in [2.05, 4.69) is 5.32 Å². The number of piperidine rings is 1. The quantitative estimate of drug-likeness (QED) is 0.536. The molecule has 0 saturated carbocycles. The van der Waals surface area contributed by atoms with Crippen molar-refractivity contribution in [2.24, 2.45) is 5.92 Å². The second-order valence-electron chi connectivity index (χ2n) is 7.67. The van der Waals surface area contributed by atoms with Gasteiger partial charge >= 0.3 is 5.97 Å². The summed E-state index contributed by atoms with van der Waals surface area (Å²) in [5.74, 6) is 1.71. The fraction of sp³-hybridized carbons (Fsp3) is 0.318. The van der Waals surface area contributed by atoms with E-state index in [4.69, 9.17) is 31.0 Å². The molecule has 10 heteroatoms. The number of benzene rings is 2. The number of anilines is 2. The number of ether oxygens (including phenoxy) is 2. The minimum absolute atomic E-state index is 0. The van der Waals surface area contributed by atoms with Crippen molar-refractivity contribution in [1.82, 2.24) is 9.97 Å². The van der Waals surface area contributed by atoms with Gasteiger partial charge in [-0.1, -0.05) is 17.7 Å². The standard InChI is InChI=1S/C22H21ClN4O4.K/c23-15-2-3-17-16(10-15)20(24-11-13-1-4-18-19(9-13)31-12-30-18)26-22(25-17)27-7-5-14(6-8-27)21(28)29;/h1-4,9-10,14H,5-8,11-12H2,(H,28,29)(H,24,25,26);. The van der Waals surface area contributed by atoms with Gasteiger partial charge < -0.3 is 24.8 Å². The van der Waals surface area contributed by atoms with Gasteiger partial charge in [-0.05, 0) is 48.7 Å². The van der Waals surface area contributed by atoms with Crippen molar-refractivity contribution in [3.63, 3.8) is 0 Å². The van der Waals surface area contributed by atoms with Gasteiger partial charge in [0.15, 0.2) is 11.5 Å². The summed E-state index contributed by atoms with van der Waals surface area (Å²) in [6.07, 6.45) is 1.16. The third-order valence-corrected chi connectivity index (χ3v) is 5.91. The molecule has 0 atom stereocenters. The van der Waals surface area contributed by atoms with Crippen LogP contribution < -0.4 is 19.7 Å². The number of carbonyl (C=O) groups is 1. The summed E-state index contributed by atoms with van der Waals surface area (Å²) in [6, 6.07) is 11.3. The number of nitrogens with one attached hydrogen (secondary N) is 1. The molecule has 0 bridgehead atoms. The van der Waals surface area contributed by atoms with Gasteiger partial charge in [-0.3, -0.25) is 4.79 Å². The van der Waals surface area contributed by atoms with Gasteiger partial charge in [0.1, 0.15) is 5.82 Å². The van der Waals surface area contributed by atoms with E-state index < -0.39 is 5.97 Å². The van der Waals surface area contributed by atoms with Gasteiger partial charge in [-0.25, -0.2) is 4.98 Å². The van der Waals surface area contributed by atoms with Crippen molar-refractivity contribution in [3.8, 4) is 11.5 Å². The van der Waals surface area contributed by atoms with E-state index in [-0.39, 0.29) is 64.1 Å². The minimum Gasteiger partial charge on any atom is -0.481 e. The molecule has 5 rings (SSSR count). The maximum absolute atomic E-state index is 11.3. The van der Waals surface area contributed by atoms with Crippen molar-refractivity contribution in [3.05, 3.63) is 47.0 Å². The number of hydrogen-bond donors (Lipinski definition) is 2. The molecule has 1 radical (unpaired) electrons. The van der Waals surface area contributed by atoms with Crippen molar-refractivity contribution in [1.29, 1.82) is 0 Å². The number of aliphatic carboxylic acids is 1. The number of carboxylic acid groups (broad SMARTS) is 1. The number of rotatable bonds is 5. The smallest absolute Gasteiger partial charge is 0.306 e. The molecule has 1 aromatic heterocycles. The zero-order valence-corrected chi connectivity index (χ0v) is 21.6. The predicted octanol–water partition coefficient (Wildman–Crippen LogP) is 3.54. The van der Waals surface area contributed by atoms with Crippen LogP contribution in [0.3, 0.4) is 0 Å². The van der Waals surface area contributed by atoms with E-state index in [0.29, 0.717) is 49.3 Å². The summed E-state index contributed by atoms with van der Waals surface area (Å²) in [7, 11) is 0. The van der Waals surface area contributed by atoms with Crippen LogP contribution >= 0.6 is 11.6 Å². The van der Waals surface area contributed by atoms with Crippen LogP contribution in [0, 0.1) is 5.92 Å². The molecule has 8 nitrogen and oxygen atoms in total. The second kappa shape index (κ2) is 10.1. The van der Waals surface area contributed by atoms with Crippen LogP contribution in [0.2, 0.25) is 5.02 Å². The van der Waals surface area contributed by atoms with Gasteiger partial charge in [-0.15, -0.1) is 0 Å². The first-order chi connectivity index (χ1) is 15.1. The van der Waals surface area contributed by atoms with E-state index in [1.807, 2.05) is 35.2 Å². The van der Waals surface area contributed by atoms with E-state index in [1.165, 1.54) is 0 Å². The average Bonchev–Trinajstić information content (AvgIpc) is 3.25. The number of carboxylic acids is 1. The van der Waals surface area contributed by atoms with Gasteiger partial charge in [0.2, 0.25) is 12.7 Å². The third-order valence-electron chi connectivity index (χ3n) is 5.67. The molecule has 2 aromatic carbocycles. The van der Waals surface area contributed by atoms with Gasteiger partial charge in [0, 0.05) is 81.4 Å². The SMILES string of the molecule is O=C(O)C1CCN(c2nc(NCc3ccc4c(c3)OCO4)c3cc(Cl)ccc3n2)CC1.[K]. The summed E-state index contributed by atoms with van der Waals surface area (Å²) in [5, 5.41) is 14.1. The van der Waals surface area contributed by atoms with Crippen molar-refractivity contribution in [2.75, 3.05) is 30.1 Å². The molecule has 0 amide bonds. The van der Waals surface area contributed by atoms with Gasteiger partial charge in [-0.2, -0.15) is 4.98 Å². The van der Waals surface area contributed by atoms with Crippen molar-refractivity contribution >= 4 is 91.6 Å². The van der Waals surface area contributed by atoms with Crippen LogP contribution in [0.4, 0.5) is 11.8 Å². The molecule has 3 aromatic rings. The van der Waals surface area contributed by atoms with Crippen LogP contribution in [-0.2, 0) is 11.3 Å². The van der Waals surface area contributed by atoms with Crippen LogP contribution in [0.1, 0.15) is 18.4 Å². The molecule has 2 N–H and O–H groups in total. The molecule has 2 aliphatic rings. The van der Waals surface area contributed by atoms with Gasteiger partial charge in [0.25, 0.3) is 0 Å². The molecule has 161 valence electrons. The van der Waals surface area contributed by atoms with E-state index in [9.17, 15) is 9.90 Å². The number of nitrogens with zero attached hydrogens (tertiary/aromatic N) is 3. The second-order valence-corrected chi connectivity index (χ2v) is 8.11. The third kappa shape index (κ3) is 4.98. The Morgan fingerprint density at radius 1 is 1.12 bits per heavy atom. The normalized spacial score (nSPS) is 15.5. The fourth-order valence-electron chi connectivity index (χ4n) is 3.93. The molecule has 1 saturated heterocycles. The number of fused-ring (bicyclic) bond motifs is 2. The number of hydrogen-bond acceptors (Lipinski definition) is 7. The van der Waals surface area contributed by atoms with Crippen LogP contribution in [0.5, 0.6) is 11.5 Å². The maximum atomic E-state index is 11.3. The minimum atomic E-state index is -0.736. The summed E-state index contributed by atoms with van der Waals surface area (Å²) < 4.78 is 10.8. The molecular formula is C22H21ClKN4O4. The molecule has 32 heavy (non-hydrogen) atoms. The molecule has 0 aliphatic carbocycles. The number of aromatic nitrogens is 2. The molecule has 3 heterocycles. The van der Waals surface area contributed by atoms with Crippen LogP contribution in [0.25, 0.3) is 10.9 Å². The Morgan fingerprint density at radius 3 is 2.69 bits per heavy atom. The van der Waals surface area contributed by atoms with Crippen molar-refractivity contribution in [2.45, 2.75) is 19.4 Å². The van der Waals surface area contributed by atoms with E-state index in [1.54, 1.807) is 6.07 Å². The van der Waals surface area contributed by atoms with E-state index >= 15 is 0 Å². The first-order valence-corrected chi connectivity index (χ1v) is 10.5. The van der Waals surface area contributed by atoms with Gasteiger partial charge in [0.05, 0.1) is 11.4 Å². The monoisotopic (exact) mass is 479 g/mol. The predicted molar refractivity (Wildman–Crippen MR) is 123 cm³/mol. The van der Waals surface area contributed by atoms with Crippen molar-refractivity contribution < 1.29 is 19.4 Å². The Kier molecular flexibility index (Phi) is 7.43. The van der Waals surface area contributed by atoms with E-state index in [0.717, 1.165) is 28.0 Å². The topological polar surface area (TPSA) is 96.8 Å². The molecule has 0 unspecified atom stereocenters. The Balaban J connectivity index is 0.00000245.